The topological polar surface area (TPSA) is 38.1 Å². The first-order chi connectivity index (χ1) is 11.2. The average molecular weight is 329 g/mol. The van der Waals surface area contributed by atoms with E-state index in [1.807, 2.05) is 18.7 Å². The van der Waals surface area contributed by atoms with E-state index in [1.165, 1.54) is 16.9 Å². The number of rotatable bonds is 2. The maximum absolute atomic E-state index is 13.0. The lowest BCUT2D eigenvalue weighted by Gasteiger charge is -2.33. The van der Waals surface area contributed by atoms with E-state index in [4.69, 9.17) is 0 Å². The highest BCUT2D eigenvalue weighted by Gasteiger charge is 2.29. The Balaban J connectivity index is 1.53. The van der Waals surface area contributed by atoms with Gasteiger partial charge in [-0.15, -0.1) is 11.3 Å². The van der Waals surface area contributed by atoms with Gasteiger partial charge in [0.15, 0.2) is 0 Å². The Labute approximate surface area is 141 Å². The zero-order valence-corrected chi connectivity index (χ0v) is 14.4. The molecule has 0 radical (unpaired) electrons. The number of likely N-dealkylation sites (tertiary alicyclic amines) is 1. The molecule has 23 heavy (non-hydrogen) atoms. The van der Waals surface area contributed by atoms with Crippen LogP contribution in [-0.2, 0) is 12.8 Å². The van der Waals surface area contributed by atoms with Crippen molar-refractivity contribution in [3.8, 4) is 0 Å². The van der Waals surface area contributed by atoms with Crippen LogP contribution in [0.15, 0.2) is 24.1 Å². The molecular formula is C18H23N3OS. The monoisotopic (exact) mass is 329 g/mol. The number of amides is 1. The molecule has 1 fully saturated rings. The molecule has 0 saturated carbocycles. The number of carbonyl (C=O) groups is 1. The van der Waals surface area contributed by atoms with Crippen molar-refractivity contribution in [1.29, 1.82) is 0 Å². The molecule has 1 amide bonds. The molecule has 3 heterocycles. The van der Waals surface area contributed by atoms with Crippen LogP contribution in [-0.4, -0.2) is 33.4 Å². The van der Waals surface area contributed by atoms with Gasteiger partial charge in [0.2, 0.25) is 0 Å². The van der Waals surface area contributed by atoms with Crippen LogP contribution in [0.5, 0.6) is 0 Å². The summed E-state index contributed by atoms with van der Waals surface area (Å²) >= 11 is 1.78. The predicted octanol–water partition coefficient (Wildman–Crippen LogP) is 3.55. The summed E-state index contributed by atoms with van der Waals surface area (Å²) in [5, 5.41) is 2.10. The van der Waals surface area contributed by atoms with E-state index in [0.29, 0.717) is 6.04 Å². The standard InChI is InChI=1S/C18H23N3OS/c1-13-4-5-15-16(11-23-17(15)9-13)18(22)20-7-2-3-14(10-20)21-8-6-19-12-21/h6,8,11-14H,2-5,7,9-10H2,1H3/t13-,14-/m0/s1. The first-order valence-electron chi connectivity index (χ1n) is 8.58. The summed E-state index contributed by atoms with van der Waals surface area (Å²) in [6.07, 6.45) is 11.3. The molecular weight excluding hydrogens is 306 g/mol. The van der Waals surface area contributed by atoms with Gasteiger partial charge >= 0.3 is 0 Å². The average Bonchev–Trinajstić information content (AvgIpc) is 3.23. The summed E-state index contributed by atoms with van der Waals surface area (Å²) in [5.41, 5.74) is 2.31. The third-order valence-corrected chi connectivity index (χ3v) is 6.31. The van der Waals surface area contributed by atoms with Gasteiger partial charge in [0.1, 0.15) is 0 Å². The van der Waals surface area contributed by atoms with Crippen LogP contribution in [0.25, 0.3) is 0 Å². The van der Waals surface area contributed by atoms with Gasteiger partial charge in [-0.2, -0.15) is 0 Å². The van der Waals surface area contributed by atoms with Gasteiger partial charge in [0, 0.05) is 35.7 Å². The van der Waals surface area contributed by atoms with E-state index in [9.17, 15) is 4.79 Å². The molecule has 4 nitrogen and oxygen atoms in total. The second-order valence-corrected chi connectivity index (χ2v) is 7.92. The van der Waals surface area contributed by atoms with Crippen LogP contribution in [0.2, 0.25) is 0 Å². The quantitative estimate of drug-likeness (QED) is 0.845. The maximum Gasteiger partial charge on any atom is 0.255 e. The second-order valence-electron chi connectivity index (χ2n) is 6.96. The van der Waals surface area contributed by atoms with E-state index in [2.05, 4.69) is 26.8 Å². The molecule has 4 rings (SSSR count). The van der Waals surface area contributed by atoms with Crippen molar-refractivity contribution in [2.45, 2.75) is 45.1 Å². The van der Waals surface area contributed by atoms with Crippen molar-refractivity contribution < 1.29 is 4.79 Å². The van der Waals surface area contributed by atoms with Crippen LogP contribution in [0.3, 0.4) is 0 Å². The number of aromatic nitrogens is 2. The zero-order chi connectivity index (χ0) is 15.8. The van der Waals surface area contributed by atoms with Crippen LogP contribution in [0.4, 0.5) is 0 Å². The van der Waals surface area contributed by atoms with Crippen molar-refractivity contribution in [2.75, 3.05) is 13.1 Å². The molecule has 0 N–H and O–H groups in total. The molecule has 0 bridgehead atoms. The van der Waals surface area contributed by atoms with Gasteiger partial charge in [-0.3, -0.25) is 4.79 Å². The third kappa shape index (κ3) is 2.82. The molecule has 1 saturated heterocycles. The van der Waals surface area contributed by atoms with Gasteiger partial charge in [-0.25, -0.2) is 4.98 Å². The molecule has 2 aliphatic rings. The van der Waals surface area contributed by atoms with Gasteiger partial charge in [-0.1, -0.05) is 6.92 Å². The smallest absolute Gasteiger partial charge is 0.255 e. The number of thiophene rings is 1. The molecule has 2 aromatic rings. The molecule has 122 valence electrons. The molecule has 1 aliphatic carbocycles. The van der Waals surface area contributed by atoms with Gasteiger partial charge in [-0.05, 0) is 43.6 Å². The molecule has 0 aromatic carbocycles. The fourth-order valence-corrected chi connectivity index (χ4v) is 5.13. The Kier molecular flexibility index (Phi) is 3.97. The van der Waals surface area contributed by atoms with Gasteiger partial charge in [0.25, 0.3) is 5.91 Å². The fourth-order valence-electron chi connectivity index (χ4n) is 3.90. The van der Waals surface area contributed by atoms with Gasteiger partial charge < -0.3 is 9.47 Å². The fraction of sp³-hybridized carbons (Fsp3) is 0.556. The Hall–Kier alpha value is -1.62. The zero-order valence-electron chi connectivity index (χ0n) is 13.6. The van der Waals surface area contributed by atoms with E-state index in [0.717, 1.165) is 50.3 Å². The number of fused-ring (bicyclic) bond motifs is 1. The Morgan fingerprint density at radius 3 is 3.13 bits per heavy atom. The SMILES string of the molecule is C[C@H]1CCc2c(C(=O)N3CCC[C@H](n4ccnc4)C3)csc2C1. The Bertz CT molecular complexity index is 691. The van der Waals surface area contributed by atoms with Gasteiger partial charge in [0.05, 0.1) is 17.9 Å². The summed E-state index contributed by atoms with van der Waals surface area (Å²) in [6, 6.07) is 0.365. The lowest BCUT2D eigenvalue weighted by molar-refractivity contribution is 0.0678. The van der Waals surface area contributed by atoms with Crippen molar-refractivity contribution in [2.24, 2.45) is 5.92 Å². The minimum atomic E-state index is 0.238. The summed E-state index contributed by atoms with van der Waals surface area (Å²) in [4.78, 5) is 20.7. The van der Waals surface area contributed by atoms with Crippen LogP contribution in [0.1, 0.15) is 53.0 Å². The van der Waals surface area contributed by atoms with Crippen LogP contribution >= 0.6 is 11.3 Å². The van der Waals surface area contributed by atoms with E-state index in [-0.39, 0.29) is 5.91 Å². The molecule has 2 aromatic heterocycles. The summed E-state index contributed by atoms with van der Waals surface area (Å²) in [6.45, 7) is 3.99. The highest BCUT2D eigenvalue weighted by molar-refractivity contribution is 7.10. The number of piperidine rings is 1. The summed E-state index contributed by atoms with van der Waals surface area (Å²) < 4.78 is 2.14. The van der Waals surface area contributed by atoms with Crippen molar-refractivity contribution in [3.05, 3.63) is 40.1 Å². The summed E-state index contributed by atoms with van der Waals surface area (Å²) in [5.74, 6) is 0.992. The molecule has 0 unspecified atom stereocenters. The third-order valence-electron chi connectivity index (χ3n) is 5.26. The number of imidazole rings is 1. The van der Waals surface area contributed by atoms with E-state index < -0.39 is 0 Å². The largest absolute Gasteiger partial charge is 0.337 e. The van der Waals surface area contributed by atoms with Crippen molar-refractivity contribution >= 4 is 17.2 Å². The molecule has 1 aliphatic heterocycles. The van der Waals surface area contributed by atoms with Crippen LogP contribution in [0, 0.1) is 5.92 Å². The molecule has 2 atom stereocenters. The van der Waals surface area contributed by atoms with E-state index in [1.54, 1.807) is 11.3 Å². The highest BCUT2D eigenvalue weighted by atomic mass is 32.1. The number of carbonyl (C=O) groups excluding carboxylic acids is 1. The number of hydrogen-bond acceptors (Lipinski definition) is 3. The van der Waals surface area contributed by atoms with E-state index >= 15 is 0 Å². The first-order valence-corrected chi connectivity index (χ1v) is 9.46. The lowest BCUT2D eigenvalue weighted by Crippen LogP contribution is -2.40. The highest BCUT2D eigenvalue weighted by Crippen LogP contribution is 2.34. The van der Waals surface area contributed by atoms with Crippen LogP contribution < -0.4 is 0 Å². The Morgan fingerprint density at radius 1 is 1.39 bits per heavy atom. The first kappa shape index (κ1) is 14.9. The summed E-state index contributed by atoms with van der Waals surface area (Å²) in [7, 11) is 0. The second kappa shape index (κ2) is 6.11. The lowest BCUT2D eigenvalue weighted by atomic mass is 9.88. The predicted molar refractivity (Wildman–Crippen MR) is 91.9 cm³/mol. The minimum absolute atomic E-state index is 0.238. The van der Waals surface area contributed by atoms with Crippen molar-refractivity contribution in [1.82, 2.24) is 14.5 Å². The molecule has 5 heteroatoms. The molecule has 0 spiro atoms. The maximum atomic E-state index is 13.0. The minimum Gasteiger partial charge on any atom is -0.337 e. The normalized spacial score (nSPS) is 24.5. The number of nitrogens with zero attached hydrogens (tertiary/aromatic N) is 3. The Morgan fingerprint density at radius 2 is 2.30 bits per heavy atom. The van der Waals surface area contributed by atoms with Crippen molar-refractivity contribution in [3.63, 3.8) is 0 Å². The number of hydrogen-bond donors (Lipinski definition) is 0.